The average molecular weight is 236 g/mol. The Bertz CT molecular complexity index is 410. The molecule has 0 saturated heterocycles. The molecule has 0 saturated carbocycles. The Hall–Kier alpha value is -1.97. The maximum Gasteiger partial charge on any atom is 0.203 e. The second kappa shape index (κ2) is 5.94. The summed E-state index contributed by atoms with van der Waals surface area (Å²) in [6, 6.07) is 3.57. The SMILES string of the molecule is COc1cc(/C=C(\C)C=O)cc(OC)c1OC. The molecule has 0 aliphatic rings. The minimum absolute atomic E-state index is 0.538. The molecule has 0 unspecified atom stereocenters. The number of allylic oxidation sites excluding steroid dienone is 1. The molecule has 0 aromatic heterocycles. The molecule has 0 radical (unpaired) electrons. The summed E-state index contributed by atoms with van der Waals surface area (Å²) in [6.45, 7) is 1.73. The number of methoxy groups -OCH3 is 3. The van der Waals surface area contributed by atoms with Gasteiger partial charge in [-0.15, -0.1) is 0 Å². The van der Waals surface area contributed by atoms with Crippen LogP contribution in [0.2, 0.25) is 0 Å². The van der Waals surface area contributed by atoms with Crippen molar-refractivity contribution in [2.24, 2.45) is 0 Å². The molecule has 0 atom stereocenters. The summed E-state index contributed by atoms with van der Waals surface area (Å²) in [4.78, 5) is 10.6. The van der Waals surface area contributed by atoms with Gasteiger partial charge in [0.05, 0.1) is 21.3 Å². The van der Waals surface area contributed by atoms with Gasteiger partial charge in [0.15, 0.2) is 11.5 Å². The van der Waals surface area contributed by atoms with Gasteiger partial charge in [0.2, 0.25) is 5.75 Å². The van der Waals surface area contributed by atoms with E-state index in [0.717, 1.165) is 11.8 Å². The van der Waals surface area contributed by atoms with Crippen molar-refractivity contribution in [2.45, 2.75) is 6.92 Å². The van der Waals surface area contributed by atoms with Crippen LogP contribution in [-0.2, 0) is 4.79 Å². The number of carbonyl (C=O) groups excluding carboxylic acids is 1. The number of ether oxygens (including phenoxy) is 3. The first kappa shape index (κ1) is 13.1. The lowest BCUT2D eigenvalue weighted by Gasteiger charge is -2.12. The average Bonchev–Trinajstić information content (AvgIpc) is 2.37. The van der Waals surface area contributed by atoms with E-state index in [1.54, 1.807) is 46.5 Å². The summed E-state index contributed by atoms with van der Waals surface area (Å²) in [6.07, 6.45) is 2.54. The van der Waals surface area contributed by atoms with Crippen molar-refractivity contribution in [3.63, 3.8) is 0 Å². The molecule has 0 bridgehead atoms. The van der Waals surface area contributed by atoms with Gasteiger partial charge in [-0.1, -0.05) is 0 Å². The largest absolute Gasteiger partial charge is 0.493 e. The van der Waals surface area contributed by atoms with Crippen LogP contribution in [0.3, 0.4) is 0 Å². The highest BCUT2D eigenvalue weighted by molar-refractivity contribution is 5.81. The molecule has 1 rings (SSSR count). The van der Waals surface area contributed by atoms with Crippen molar-refractivity contribution in [2.75, 3.05) is 21.3 Å². The molecule has 92 valence electrons. The summed E-state index contributed by atoms with van der Waals surface area (Å²) < 4.78 is 15.6. The Balaban J connectivity index is 3.31. The van der Waals surface area contributed by atoms with Gasteiger partial charge in [0, 0.05) is 0 Å². The van der Waals surface area contributed by atoms with Gasteiger partial charge in [-0.2, -0.15) is 0 Å². The molecule has 0 aliphatic heterocycles. The lowest BCUT2D eigenvalue weighted by Crippen LogP contribution is -1.95. The molecular weight excluding hydrogens is 220 g/mol. The van der Waals surface area contributed by atoms with Gasteiger partial charge in [-0.25, -0.2) is 0 Å². The molecule has 0 N–H and O–H groups in total. The second-order valence-corrected chi connectivity index (χ2v) is 3.46. The molecular formula is C13H16O4. The first-order valence-corrected chi connectivity index (χ1v) is 5.09. The van der Waals surface area contributed by atoms with Gasteiger partial charge in [0.1, 0.15) is 6.29 Å². The summed E-state index contributed by atoms with van der Waals surface area (Å²) in [5.74, 6) is 1.67. The minimum Gasteiger partial charge on any atom is -0.493 e. The molecule has 1 aromatic carbocycles. The van der Waals surface area contributed by atoms with Crippen molar-refractivity contribution in [3.8, 4) is 17.2 Å². The second-order valence-electron chi connectivity index (χ2n) is 3.46. The first-order valence-electron chi connectivity index (χ1n) is 5.09. The van der Waals surface area contributed by atoms with Gasteiger partial charge in [-0.05, 0) is 36.3 Å². The monoisotopic (exact) mass is 236 g/mol. The van der Waals surface area contributed by atoms with Crippen LogP contribution in [0.25, 0.3) is 6.08 Å². The van der Waals surface area contributed by atoms with Gasteiger partial charge in [-0.3, -0.25) is 4.79 Å². The molecule has 0 fully saturated rings. The minimum atomic E-state index is 0.538. The Morgan fingerprint density at radius 1 is 1.06 bits per heavy atom. The zero-order chi connectivity index (χ0) is 12.8. The fraction of sp³-hybridized carbons (Fsp3) is 0.308. The van der Waals surface area contributed by atoms with Crippen LogP contribution in [0.15, 0.2) is 17.7 Å². The Morgan fingerprint density at radius 2 is 1.59 bits per heavy atom. The topological polar surface area (TPSA) is 44.8 Å². The van der Waals surface area contributed by atoms with E-state index in [0.29, 0.717) is 22.8 Å². The molecule has 17 heavy (non-hydrogen) atoms. The Kier molecular flexibility index (Phi) is 4.57. The van der Waals surface area contributed by atoms with Crippen LogP contribution >= 0.6 is 0 Å². The highest BCUT2D eigenvalue weighted by Crippen LogP contribution is 2.38. The van der Waals surface area contributed by atoms with Gasteiger partial charge >= 0.3 is 0 Å². The highest BCUT2D eigenvalue weighted by Gasteiger charge is 2.12. The van der Waals surface area contributed by atoms with E-state index in [9.17, 15) is 4.79 Å². The Morgan fingerprint density at radius 3 is 1.94 bits per heavy atom. The predicted octanol–water partition coefficient (Wildman–Crippen LogP) is 2.31. The molecule has 0 aliphatic carbocycles. The van der Waals surface area contributed by atoms with Gasteiger partial charge in [0.25, 0.3) is 0 Å². The zero-order valence-corrected chi connectivity index (χ0v) is 10.4. The van der Waals surface area contributed by atoms with E-state index in [-0.39, 0.29) is 0 Å². The van der Waals surface area contributed by atoms with E-state index >= 15 is 0 Å². The van der Waals surface area contributed by atoms with Crippen molar-refractivity contribution in [1.29, 1.82) is 0 Å². The number of aldehydes is 1. The molecule has 0 spiro atoms. The molecule has 0 heterocycles. The zero-order valence-electron chi connectivity index (χ0n) is 10.4. The van der Waals surface area contributed by atoms with E-state index in [1.165, 1.54) is 0 Å². The number of hydrogen-bond donors (Lipinski definition) is 0. The molecule has 1 aromatic rings. The quantitative estimate of drug-likeness (QED) is 0.581. The fourth-order valence-corrected chi connectivity index (χ4v) is 1.48. The standard InChI is InChI=1S/C13H16O4/c1-9(8-14)5-10-6-11(15-2)13(17-4)12(7-10)16-3/h5-8H,1-4H3/b9-5+. The first-order chi connectivity index (χ1) is 8.15. The number of benzene rings is 1. The van der Waals surface area contributed by atoms with Crippen LogP contribution < -0.4 is 14.2 Å². The number of rotatable bonds is 5. The van der Waals surface area contributed by atoms with E-state index in [1.807, 2.05) is 0 Å². The molecule has 4 heteroatoms. The number of hydrogen-bond acceptors (Lipinski definition) is 4. The fourth-order valence-electron chi connectivity index (χ4n) is 1.48. The van der Waals surface area contributed by atoms with Crippen LogP contribution in [0.1, 0.15) is 12.5 Å². The lowest BCUT2D eigenvalue weighted by atomic mass is 10.1. The third-order valence-corrected chi connectivity index (χ3v) is 2.27. The summed E-state index contributed by atoms with van der Waals surface area (Å²) in [5, 5.41) is 0. The Labute approximate surface area is 101 Å². The van der Waals surface area contributed by atoms with Crippen LogP contribution in [0.5, 0.6) is 17.2 Å². The number of carbonyl (C=O) groups is 1. The molecule has 0 amide bonds. The van der Waals surface area contributed by atoms with Crippen molar-refractivity contribution < 1.29 is 19.0 Å². The maximum absolute atomic E-state index is 10.6. The maximum atomic E-state index is 10.6. The van der Waals surface area contributed by atoms with E-state index < -0.39 is 0 Å². The summed E-state index contributed by atoms with van der Waals surface area (Å²) in [5.41, 5.74) is 1.45. The van der Waals surface area contributed by atoms with Crippen molar-refractivity contribution in [1.82, 2.24) is 0 Å². The van der Waals surface area contributed by atoms with Crippen LogP contribution in [-0.4, -0.2) is 27.6 Å². The predicted molar refractivity (Wildman–Crippen MR) is 65.8 cm³/mol. The third kappa shape index (κ3) is 3.00. The van der Waals surface area contributed by atoms with Crippen LogP contribution in [0.4, 0.5) is 0 Å². The lowest BCUT2D eigenvalue weighted by molar-refractivity contribution is -0.104. The highest BCUT2D eigenvalue weighted by atomic mass is 16.5. The van der Waals surface area contributed by atoms with Crippen molar-refractivity contribution >= 4 is 12.4 Å². The molecule has 4 nitrogen and oxygen atoms in total. The summed E-state index contributed by atoms with van der Waals surface area (Å²) >= 11 is 0. The van der Waals surface area contributed by atoms with Crippen LogP contribution in [0, 0.1) is 0 Å². The normalized spacial score (nSPS) is 10.9. The van der Waals surface area contributed by atoms with Gasteiger partial charge < -0.3 is 14.2 Å². The van der Waals surface area contributed by atoms with Crippen molar-refractivity contribution in [3.05, 3.63) is 23.3 Å². The third-order valence-electron chi connectivity index (χ3n) is 2.27. The smallest absolute Gasteiger partial charge is 0.203 e. The van der Waals surface area contributed by atoms with E-state index in [4.69, 9.17) is 14.2 Å². The summed E-state index contributed by atoms with van der Waals surface area (Å²) in [7, 11) is 4.65. The van der Waals surface area contributed by atoms with E-state index in [2.05, 4.69) is 0 Å².